The molecule has 2 heteroatoms. The van der Waals surface area contributed by atoms with Gasteiger partial charge in [0.15, 0.2) is 0 Å². The van der Waals surface area contributed by atoms with E-state index in [-0.39, 0.29) is 5.82 Å². The van der Waals surface area contributed by atoms with Gasteiger partial charge in [-0.3, -0.25) is 0 Å². The van der Waals surface area contributed by atoms with Gasteiger partial charge >= 0.3 is 0 Å². The van der Waals surface area contributed by atoms with E-state index in [1.165, 1.54) is 44.1 Å². The minimum absolute atomic E-state index is 0.151. The van der Waals surface area contributed by atoms with Crippen LogP contribution in [-0.4, -0.2) is 0 Å². The van der Waals surface area contributed by atoms with E-state index in [9.17, 15) is 8.78 Å². The predicted octanol–water partition coefficient (Wildman–Crippen LogP) is 6.22. The number of aryl methyl sites for hydroxylation is 1. The standard InChI is InChI=1S/C19H26F2/c20-15-3-1-2-4-16-5-7-17(8-6-16)9-10-18-11-13-19(21)14-12-18/h3,11-17H,1-2,4-10H2/b15-3+/t16-,17-. The molecule has 0 heterocycles. The molecule has 0 bridgehead atoms. The summed E-state index contributed by atoms with van der Waals surface area (Å²) in [5, 5.41) is 0. The van der Waals surface area contributed by atoms with Crippen molar-refractivity contribution < 1.29 is 8.78 Å². The highest BCUT2D eigenvalue weighted by molar-refractivity contribution is 5.16. The summed E-state index contributed by atoms with van der Waals surface area (Å²) in [5.41, 5.74) is 1.25. The van der Waals surface area contributed by atoms with Gasteiger partial charge in [0.2, 0.25) is 0 Å². The summed E-state index contributed by atoms with van der Waals surface area (Å²) in [5.74, 6) is 1.53. The maximum Gasteiger partial charge on any atom is 0.123 e. The Morgan fingerprint density at radius 2 is 1.57 bits per heavy atom. The lowest BCUT2D eigenvalue weighted by atomic mass is 9.78. The summed E-state index contributed by atoms with van der Waals surface area (Å²) < 4.78 is 24.7. The Morgan fingerprint density at radius 3 is 2.19 bits per heavy atom. The van der Waals surface area contributed by atoms with Gasteiger partial charge in [0, 0.05) is 0 Å². The highest BCUT2D eigenvalue weighted by atomic mass is 19.1. The maximum atomic E-state index is 12.8. The first kappa shape index (κ1) is 16.2. The second-order valence-corrected chi connectivity index (χ2v) is 6.34. The summed E-state index contributed by atoms with van der Waals surface area (Å²) in [7, 11) is 0. The van der Waals surface area contributed by atoms with Crippen LogP contribution in [0.3, 0.4) is 0 Å². The fourth-order valence-electron chi connectivity index (χ4n) is 3.42. The average Bonchev–Trinajstić information content (AvgIpc) is 2.52. The molecule has 116 valence electrons. The first-order valence-electron chi connectivity index (χ1n) is 8.27. The summed E-state index contributed by atoms with van der Waals surface area (Å²) in [6.07, 6.45) is 13.1. The Bertz CT molecular complexity index is 414. The molecule has 0 N–H and O–H groups in total. The molecule has 0 aliphatic heterocycles. The topological polar surface area (TPSA) is 0 Å². The Hall–Kier alpha value is -1.18. The van der Waals surface area contributed by atoms with Crippen LogP contribution >= 0.6 is 0 Å². The quantitative estimate of drug-likeness (QED) is 0.523. The van der Waals surface area contributed by atoms with Crippen LogP contribution in [0.2, 0.25) is 0 Å². The van der Waals surface area contributed by atoms with Gasteiger partial charge in [0.1, 0.15) is 5.82 Å². The van der Waals surface area contributed by atoms with E-state index < -0.39 is 0 Å². The zero-order valence-corrected chi connectivity index (χ0v) is 12.7. The number of rotatable bonds is 7. The zero-order chi connectivity index (χ0) is 14.9. The molecule has 1 aromatic rings. The van der Waals surface area contributed by atoms with E-state index in [1.807, 2.05) is 12.1 Å². The number of benzene rings is 1. The fourth-order valence-corrected chi connectivity index (χ4v) is 3.42. The molecule has 1 aliphatic carbocycles. The van der Waals surface area contributed by atoms with Gasteiger partial charge in [0.25, 0.3) is 0 Å². The largest absolute Gasteiger partial charge is 0.216 e. The molecule has 0 nitrogen and oxygen atoms in total. The van der Waals surface area contributed by atoms with Crippen molar-refractivity contribution in [3.63, 3.8) is 0 Å². The van der Waals surface area contributed by atoms with Crippen LogP contribution in [0.25, 0.3) is 0 Å². The van der Waals surface area contributed by atoms with Gasteiger partial charge in [-0.1, -0.05) is 50.3 Å². The second kappa shape index (κ2) is 8.96. The lowest BCUT2D eigenvalue weighted by Gasteiger charge is -2.28. The van der Waals surface area contributed by atoms with Crippen molar-refractivity contribution in [3.8, 4) is 0 Å². The van der Waals surface area contributed by atoms with E-state index in [0.29, 0.717) is 6.33 Å². The molecular weight excluding hydrogens is 266 g/mol. The predicted molar refractivity (Wildman–Crippen MR) is 84.3 cm³/mol. The Morgan fingerprint density at radius 1 is 0.952 bits per heavy atom. The van der Waals surface area contributed by atoms with Crippen molar-refractivity contribution in [2.75, 3.05) is 0 Å². The number of hydrogen-bond acceptors (Lipinski definition) is 0. The highest BCUT2D eigenvalue weighted by Gasteiger charge is 2.20. The van der Waals surface area contributed by atoms with Crippen LogP contribution in [0.15, 0.2) is 36.7 Å². The highest BCUT2D eigenvalue weighted by Crippen LogP contribution is 2.34. The molecule has 21 heavy (non-hydrogen) atoms. The number of unbranched alkanes of at least 4 members (excludes halogenated alkanes) is 1. The lowest BCUT2D eigenvalue weighted by Crippen LogP contribution is -2.15. The van der Waals surface area contributed by atoms with E-state index in [2.05, 4.69) is 0 Å². The summed E-state index contributed by atoms with van der Waals surface area (Å²) >= 11 is 0. The summed E-state index contributed by atoms with van der Waals surface area (Å²) in [4.78, 5) is 0. The minimum Gasteiger partial charge on any atom is -0.216 e. The van der Waals surface area contributed by atoms with Crippen molar-refractivity contribution in [3.05, 3.63) is 48.1 Å². The molecular formula is C19H26F2. The lowest BCUT2D eigenvalue weighted by molar-refractivity contribution is 0.250. The Labute approximate surface area is 127 Å². The van der Waals surface area contributed by atoms with Crippen LogP contribution in [0, 0.1) is 17.7 Å². The third-order valence-corrected chi connectivity index (χ3v) is 4.79. The molecule has 0 radical (unpaired) electrons. The summed E-state index contributed by atoms with van der Waals surface area (Å²) in [6.45, 7) is 0. The van der Waals surface area contributed by atoms with E-state index in [4.69, 9.17) is 0 Å². The van der Waals surface area contributed by atoms with Gasteiger partial charge in [-0.2, -0.15) is 0 Å². The fraction of sp³-hybridized carbons (Fsp3) is 0.579. The molecule has 0 unspecified atom stereocenters. The molecule has 2 rings (SSSR count). The monoisotopic (exact) mass is 292 g/mol. The third kappa shape index (κ3) is 5.99. The third-order valence-electron chi connectivity index (χ3n) is 4.79. The molecule has 1 saturated carbocycles. The molecule has 0 amide bonds. The van der Waals surface area contributed by atoms with Crippen LogP contribution in [0.5, 0.6) is 0 Å². The van der Waals surface area contributed by atoms with Crippen molar-refractivity contribution in [2.45, 2.75) is 57.8 Å². The molecule has 1 fully saturated rings. The van der Waals surface area contributed by atoms with Crippen LogP contribution in [-0.2, 0) is 6.42 Å². The second-order valence-electron chi connectivity index (χ2n) is 6.34. The molecule has 0 atom stereocenters. The normalized spacial score (nSPS) is 22.8. The molecule has 0 spiro atoms. The van der Waals surface area contributed by atoms with E-state index in [0.717, 1.165) is 31.1 Å². The number of allylic oxidation sites excluding steroid dienone is 1. The molecule has 0 saturated heterocycles. The van der Waals surface area contributed by atoms with Gasteiger partial charge in [-0.05, 0) is 55.2 Å². The van der Waals surface area contributed by atoms with E-state index in [1.54, 1.807) is 18.2 Å². The minimum atomic E-state index is -0.151. The number of hydrogen-bond donors (Lipinski definition) is 0. The average molecular weight is 292 g/mol. The maximum absolute atomic E-state index is 12.8. The van der Waals surface area contributed by atoms with Crippen LogP contribution < -0.4 is 0 Å². The summed E-state index contributed by atoms with van der Waals surface area (Å²) in [6, 6.07) is 6.91. The Balaban J connectivity index is 1.61. The first-order chi connectivity index (χ1) is 10.3. The molecule has 1 aromatic carbocycles. The van der Waals surface area contributed by atoms with Gasteiger partial charge in [-0.15, -0.1) is 0 Å². The van der Waals surface area contributed by atoms with Gasteiger partial charge in [-0.25, -0.2) is 8.78 Å². The van der Waals surface area contributed by atoms with Crippen molar-refractivity contribution >= 4 is 0 Å². The van der Waals surface area contributed by atoms with Crippen molar-refractivity contribution in [1.82, 2.24) is 0 Å². The Kier molecular flexibility index (Phi) is 6.91. The van der Waals surface area contributed by atoms with Crippen molar-refractivity contribution in [1.29, 1.82) is 0 Å². The van der Waals surface area contributed by atoms with Gasteiger partial charge in [0.05, 0.1) is 6.33 Å². The van der Waals surface area contributed by atoms with Gasteiger partial charge < -0.3 is 0 Å². The zero-order valence-electron chi connectivity index (χ0n) is 12.7. The smallest absolute Gasteiger partial charge is 0.123 e. The van der Waals surface area contributed by atoms with Crippen LogP contribution in [0.4, 0.5) is 8.78 Å². The molecule has 1 aliphatic rings. The first-order valence-corrected chi connectivity index (χ1v) is 8.27. The van der Waals surface area contributed by atoms with Crippen molar-refractivity contribution in [2.24, 2.45) is 11.8 Å². The van der Waals surface area contributed by atoms with E-state index >= 15 is 0 Å². The SMILES string of the molecule is F/C=C/CCC[C@H]1CC[C@H](CCc2ccc(F)cc2)CC1. The van der Waals surface area contributed by atoms with Crippen LogP contribution in [0.1, 0.15) is 56.9 Å². The number of halogens is 2. The molecule has 0 aromatic heterocycles.